The summed E-state index contributed by atoms with van der Waals surface area (Å²) in [4.78, 5) is 29.4. The van der Waals surface area contributed by atoms with Crippen molar-refractivity contribution in [1.82, 2.24) is 0 Å². The number of hydrogen-bond donors (Lipinski definition) is 0. The van der Waals surface area contributed by atoms with Crippen molar-refractivity contribution < 1.29 is 23.5 Å². The highest BCUT2D eigenvalue weighted by molar-refractivity contribution is 7.55. The molecule has 0 aliphatic rings. The largest absolute Gasteiger partial charge is 0.683 e. The molecule has 0 amide bonds. The van der Waals surface area contributed by atoms with Gasteiger partial charge in [-0.05, 0) is 0 Å². The molecule has 0 spiro atoms. The minimum absolute atomic E-state index is 0.975. The number of rotatable bonds is 2. The minimum Gasteiger partial charge on any atom is -0.683 e. The average molecular weight is 172 g/mol. The summed E-state index contributed by atoms with van der Waals surface area (Å²) in [6.07, 6.45) is 0. The quantitative estimate of drug-likeness (QED) is 0.505. The average Bonchev–Trinajstić information content (AvgIpc) is 1.62. The lowest BCUT2D eigenvalue weighted by Crippen LogP contribution is -2.47. The maximum absolute atomic E-state index is 12.2. The number of alkyl halides is 2. The third kappa shape index (κ3) is 1.83. The van der Waals surface area contributed by atoms with E-state index >= 15 is 0 Å². The lowest BCUT2D eigenvalue weighted by Gasteiger charge is -2.48. The van der Waals surface area contributed by atoms with Gasteiger partial charge >= 0.3 is 5.66 Å². The molecule has 3 nitrogen and oxygen atoms in total. The molecule has 0 bridgehead atoms. The van der Waals surface area contributed by atoms with Crippen LogP contribution in [0.25, 0.3) is 0 Å². The highest BCUT2D eigenvalue weighted by Crippen LogP contribution is 2.52. The van der Waals surface area contributed by atoms with Gasteiger partial charge in [0.05, 0.1) is 5.92 Å². The Morgan fingerprint density at radius 3 is 1.50 bits per heavy atom. The summed E-state index contributed by atoms with van der Waals surface area (Å²) in [6, 6.07) is 0. The van der Waals surface area contributed by atoms with E-state index in [2.05, 4.69) is 0 Å². The van der Waals surface area contributed by atoms with Crippen molar-refractivity contribution in [1.29, 1.82) is 0 Å². The Morgan fingerprint density at radius 1 is 1.20 bits per heavy atom. The molecule has 0 unspecified atom stereocenters. The lowest BCUT2D eigenvalue weighted by molar-refractivity contribution is -0.448. The smallest absolute Gasteiger partial charge is 0.339 e. The molecule has 0 radical (unpaired) electrons. The maximum Gasteiger partial charge on any atom is 0.339 e. The third-order valence-corrected chi connectivity index (χ3v) is 2.31. The molecule has 0 aromatic rings. The van der Waals surface area contributed by atoms with Crippen molar-refractivity contribution in [3.63, 3.8) is 0 Å². The molecule has 0 aromatic heterocycles. The van der Waals surface area contributed by atoms with E-state index in [1.54, 1.807) is 0 Å². The molecule has 0 aliphatic carbocycles. The van der Waals surface area contributed by atoms with Crippen molar-refractivity contribution >= 4 is 7.94 Å². The molecule has 0 aromatic carbocycles. The molecule has 0 N–H and O–H groups in total. The predicted molar refractivity (Wildman–Crippen MR) is 26.7 cm³/mol. The SMILES string of the molecule is CC(C)C(F)(F)[P+]([O-])([O-])[O-]. The Labute approximate surface area is 57.9 Å². The zero-order valence-corrected chi connectivity index (χ0v) is 6.40. The summed E-state index contributed by atoms with van der Waals surface area (Å²) < 4.78 is 24.3. The van der Waals surface area contributed by atoms with Gasteiger partial charge in [0, 0.05) is 0 Å². The van der Waals surface area contributed by atoms with Gasteiger partial charge in [0.25, 0.3) is 0 Å². The summed E-state index contributed by atoms with van der Waals surface area (Å²) >= 11 is 0. The zero-order chi connectivity index (χ0) is 8.58. The van der Waals surface area contributed by atoms with Gasteiger partial charge in [0.2, 0.25) is 0 Å². The van der Waals surface area contributed by atoms with Crippen LogP contribution in [0.4, 0.5) is 8.78 Å². The summed E-state index contributed by atoms with van der Waals surface area (Å²) in [6.45, 7) is 1.95. The highest BCUT2D eigenvalue weighted by atomic mass is 31.2. The van der Waals surface area contributed by atoms with E-state index in [0.717, 1.165) is 13.8 Å². The van der Waals surface area contributed by atoms with Crippen LogP contribution in [0.3, 0.4) is 0 Å². The van der Waals surface area contributed by atoms with Gasteiger partial charge in [0.1, 0.15) is 0 Å². The fourth-order valence-corrected chi connectivity index (χ4v) is 0.949. The Hall–Kier alpha value is 0.170. The second-order valence-corrected chi connectivity index (χ2v) is 3.83. The van der Waals surface area contributed by atoms with E-state index in [1.165, 1.54) is 0 Å². The summed E-state index contributed by atoms with van der Waals surface area (Å²) in [7, 11) is -5.76. The molecule has 0 saturated heterocycles. The molecular weight excluding hydrogens is 165 g/mol. The zero-order valence-electron chi connectivity index (χ0n) is 5.51. The van der Waals surface area contributed by atoms with E-state index in [1.807, 2.05) is 0 Å². The summed E-state index contributed by atoms with van der Waals surface area (Å²) in [5.41, 5.74) is -4.12. The third-order valence-electron chi connectivity index (χ3n) is 1.06. The molecule has 0 saturated carbocycles. The monoisotopic (exact) mass is 172 g/mol. The second-order valence-electron chi connectivity index (χ2n) is 2.24. The molecule has 0 heterocycles. The van der Waals surface area contributed by atoms with Crippen molar-refractivity contribution in [2.75, 3.05) is 0 Å². The second kappa shape index (κ2) is 2.66. The van der Waals surface area contributed by atoms with Gasteiger partial charge in [-0.15, -0.1) is 0 Å². The molecule has 0 aliphatic heterocycles. The Bertz CT molecular complexity index is 120. The fraction of sp³-hybridized carbons (Fsp3) is 1.00. The molecule has 0 atom stereocenters. The van der Waals surface area contributed by atoms with Crippen LogP contribution >= 0.6 is 7.94 Å². The summed E-state index contributed by atoms with van der Waals surface area (Å²) in [5.74, 6) is -1.46. The molecule has 0 fully saturated rings. The first-order valence-electron chi connectivity index (χ1n) is 2.59. The lowest BCUT2D eigenvalue weighted by atomic mass is 10.2. The standard InChI is InChI=1S/C4H9F2O3P/c1-3(2)4(5,6)10(7,8)9/h3H,1-2H3,(H2,7,8,9)/p-2. The molecule has 10 heavy (non-hydrogen) atoms. The molecule has 0 rings (SSSR count). The molecular formula is C4H7F2O3P-2. The Morgan fingerprint density at radius 2 is 1.50 bits per heavy atom. The van der Waals surface area contributed by atoms with Gasteiger partial charge in [-0.3, -0.25) is 0 Å². The van der Waals surface area contributed by atoms with Crippen molar-refractivity contribution in [2.24, 2.45) is 5.92 Å². The van der Waals surface area contributed by atoms with Gasteiger partial charge < -0.3 is 14.7 Å². The van der Waals surface area contributed by atoms with Gasteiger partial charge in [-0.1, -0.05) is 21.8 Å². The highest BCUT2D eigenvalue weighted by Gasteiger charge is 2.42. The topological polar surface area (TPSA) is 69.2 Å². The molecule has 62 valence electrons. The molecule has 6 heteroatoms. The first-order valence-corrected chi connectivity index (χ1v) is 4.14. The fourth-order valence-electron chi connectivity index (χ4n) is 0.316. The first kappa shape index (κ1) is 10.2. The van der Waals surface area contributed by atoms with Crippen LogP contribution in [-0.2, 0) is 0 Å². The minimum atomic E-state index is -5.76. The summed E-state index contributed by atoms with van der Waals surface area (Å²) in [5, 5.41) is 0. The Kier molecular flexibility index (Phi) is 2.70. The van der Waals surface area contributed by atoms with Crippen LogP contribution in [0.1, 0.15) is 13.8 Å². The van der Waals surface area contributed by atoms with Gasteiger partial charge in [0.15, 0.2) is 0 Å². The predicted octanol–water partition coefficient (Wildman–Crippen LogP) is -0.921. The van der Waals surface area contributed by atoms with Crippen molar-refractivity contribution in [2.45, 2.75) is 19.5 Å². The van der Waals surface area contributed by atoms with Crippen LogP contribution in [0.2, 0.25) is 0 Å². The van der Waals surface area contributed by atoms with Crippen LogP contribution in [0.15, 0.2) is 0 Å². The van der Waals surface area contributed by atoms with E-state index in [-0.39, 0.29) is 0 Å². The van der Waals surface area contributed by atoms with Gasteiger partial charge in [-0.25, -0.2) is 0 Å². The van der Waals surface area contributed by atoms with Crippen LogP contribution < -0.4 is 14.7 Å². The maximum atomic E-state index is 12.2. The number of hydrogen-bond acceptors (Lipinski definition) is 3. The van der Waals surface area contributed by atoms with E-state index in [0.29, 0.717) is 0 Å². The van der Waals surface area contributed by atoms with Crippen molar-refractivity contribution in [3.8, 4) is 0 Å². The normalized spacial score (nSPS) is 14.4. The van der Waals surface area contributed by atoms with E-state index < -0.39 is 19.5 Å². The van der Waals surface area contributed by atoms with Gasteiger partial charge in [-0.2, -0.15) is 8.78 Å². The van der Waals surface area contributed by atoms with Crippen LogP contribution in [-0.4, -0.2) is 5.66 Å². The Balaban J connectivity index is 4.40. The van der Waals surface area contributed by atoms with Crippen LogP contribution in [0, 0.1) is 5.92 Å². The number of halogens is 2. The van der Waals surface area contributed by atoms with Crippen LogP contribution in [0.5, 0.6) is 0 Å². The van der Waals surface area contributed by atoms with Crippen molar-refractivity contribution in [3.05, 3.63) is 0 Å². The van der Waals surface area contributed by atoms with E-state index in [4.69, 9.17) is 0 Å². The van der Waals surface area contributed by atoms with E-state index in [9.17, 15) is 23.5 Å². The first-order chi connectivity index (χ1) is 4.19.